The van der Waals surface area contributed by atoms with E-state index in [1.165, 1.54) is 18.4 Å². The second-order valence-corrected chi connectivity index (χ2v) is 5.50. The van der Waals surface area contributed by atoms with Gasteiger partial charge in [0.1, 0.15) is 12.4 Å². The zero-order chi connectivity index (χ0) is 13.2. The van der Waals surface area contributed by atoms with Crippen LogP contribution < -0.4 is 10.1 Å². The number of fused-ring (bicyclic) bond motifs is 1. The maximum absolute atomic E-state index is 5.90. The molecule has 1 aromatic carbocycles. The summed E-state index contributed by atoms with van der Waals surface area (Å²) in [4.78, 5) is 2.16. The number of hydrogen-bond donors (Lipinski definition) is 1. The van der Waals surface area contributed by atoms with Crippen molar-refractivity contribution in [2.24, 2.45) is 0 Å². The quantitative estimate of drug-likeness (QED) is 0.837. The minimum Gasteiger partial charge on any atom is -0.491 e. The first kappa shape index (κ1) is 12.5. The molecule has 0 saturated carbocycles. The van der Waals surface area contributed by atoms with Crippen molar-refractivity contribution in [3.8, 4) is 5.75 Å². The van der Waals surface area contributed by atoms with E-state index in [0.717, 1.165) is 43.3 Å². The van der Waals surface area contributed by atoms with E-state index in [1.54, 1.807) is 0 Å². The van der Waals surface area contributed by atoms with Crippen molar-refractivity contribution in [2.75, 3.05) is 33.3 Å². The Labute approximate surface area is 115 Å². The molecule has 1 N–H and O–H groups in total. The summed E-state index contributed by atoms with van der Waals surface area (Å²) >= 11 is 0. The Morgan fingerprint density at radius 2 is 2.11 bits per heavy atom. The molecule has 0 spiro atoms. The van der Waals surface area contributed by atoms with E-state index >= 15 is 0 Å². The maximum Gasteiger partial charge on any atom is 0.128 e. The van der Waals surface area contributed by atoms with Crippen LogP contribution in [0, 0.1) is 0 Å². The first-order valence-electron chi connectivity index (χ1n) is 7.13. The minimum atomic E-state index is 0.671. The van der Waals surface area contributed by atoms with Gasteiger partial charge in [0.25, 0.3) is 0 Å². The molecule has 0 atom stereocenters. The summed E-state index contributed by atoms with van der Waals surface area (Å²) in [6.45, 7) is 8.05. The van der Waals surface area contributed by atoms with Crippen LogP contribution in [0.5, 0.6) is 5.75 Å². The van der Waals surface area contributed by atoms with Gasteiger partial charge in [0.2, 0.25) is 0 Å². The number of rotatable bonds is 1. The predicted octanol–water partition coefficient (Wildman–Crippen LogP) is 2.45. The monoisotopic (exact) mass is 258 g/mol. The molecule has 3 nitrogen and oxygen atoms in total. The van der Waals surface area contributed by atoms with Crippen LogP contribution in [-0.2, 0) is 0 Å². The van der Waals surface area contributed by atoms with Gasteiger partial charge in [-0.2, -0.15) is 0 Å². The molecule has 102 valence electrons. The summed E-state index contributed by atoms with van der Waals surface area (Å²) in [6.07, 6.45) is 2.44. The van der Waals surface area contributed by atoms with Crippen molar-refractivity contribution in [3.63, 3.8) is 0 Å². The second kappa shape index (κ2) is 5.25. The summed E-state index contributed by atoms with van der Waals surface area (Å²) in [7, 11) is 2.07. The van der Waals surface area contributed by atoms with Gasteiger partial charge in [-0.15, -0.1) is 0 Å². The lowest BCUT2D eigenvalue weighted by molar-refractivity contribution is 0.291. The van der Waals surface area contributed by atoms with Crippen molar-refractivity contribution in [2.45, 2.75) is 18.8 Å². The average molecular weight is 258 g/mol. The zero-order valence-electron chi connectivity index (χ0n) is 11.6. The van der Waals surface area contributed by atoms with Gasteiger partial charge in [0.15, 0.2) is 0 Å². The highest BCUT2D eigenvalue weighted by molar-refractivity contribution is 5.68. The lowest BCUT2D eigenvalue weighted by Gasteiger charge is -2.24. The van der Waals surface area contributed by atoms with Crippen LogP contribution in [0.15, 0.2) is 24.8 Å². The molecule has 0 radical (unpaired) electrons. The molecule has 2 heterocycles. The molecule has 0 unspecified atom stereocenters. The molecule has 0 bridgehead atoms. The third kappa shape index (κ3) is 2.47. The highest BCUT2D eigenvalue weighted by atomic mass is 16.5. The molecule has 19 heavy (non-hydrogen) atoms. The number of ether oxygens (including phenoxy) is 1. The van der Waals surface area contributed by atoms with E-state index in [4.69, 9.17) is 4.74 Å². The van der Waals surface area contributed by atoms with Crippen LogP contribution in [0.25, 0.3) is 5.70 Å². The number of nitrogens with one attached hydrogen (secondary N) is 1. The highest BCUT2D eigenvalue weighted by Crippen LogP contribution is 2.34. The molecular weight excluding hydrogens is 236 g/mol. The third-order valence-corrected chi connectivity index (χ3v) is 4.27. The third-order valence-electron chi connectivity index (χ3n) is 4.27. The number of nitrogens with zero attached hydrogens (tertiary/aromatic N) is 1. The Bertz CT molecular complexity index is 478. The van der Waals surface area contributed by atoms with Gasteiger partial charge < -0.3 is 15.0 Å². The molecule has 0 aliphatic carbocycles. The summed E-state index contributed by atoms with van der Waals surface area (Å²) in [6, 6.07) is 6.66. The van der Waals surface area contributed by atoms with Crippen LogP contribution in [0.2, 0.25) is 0 Å². The molecular formula is C16H22N2O. The standard InChI is InChI=1S/C16H22N2O/c1-12-15-4-3-14(13-5-7-17-8-6-13)11-16(15)19-10-9-18(12)2/h3-4,11,13,17H,1,5-10H2,2H3. The fourth-order valence-corrected chi connectivity index (χ4v) is 2.94. The van der Waals surface area contributed by atoms with E-state index < -0.39 is 0 Å². The smallest absolute Gasteiger partial charge is 0.128 e. The zero-order valence-corrected chi connectivity index (χ0v) is 11.6. The Morgan fingerprint density at radius 1 is 1.32 bits per heavy atom. The van der Waals surface area contributed by atoms with E-state index in [0.29, 0.717) is 5.92 Å². The lowest BCUT2D eigenvalue weighted by Crippen LogP contribution is -2.26. The van der Waals surface area contributed by atoms with E-state index in [2.05, 4.69) is 42.0 Å². The summed E-state index contributed by atoms with van der Waals surface area (Å²) in [5, 5.41) is 3.42. The van der Waals surface area contributed by atoms with Crippen molar-refractivity contribution in [3.05, 3.63) is 35.9 Å². The first-order chi connectivity index (χ1) is 9.25. The van der Waals surface area contributed by atoms with Crippen molar-refractivity contribution < 1.29 is 4.74 Å². The van der Waals surface area contributed by atoms with Crippen LogP contribution in [-0.4, -0.2) is 38.2 Å². The van der Waals surface area contributed by atoms with E-state index in [1.807, 2.05) is 0 Å². The average Bonchev–Trinajstić information content (AvgIpc) is 2.60. The molecule has 1 fully saturated rings. The van der Waals surface area contributed by atoms with E-state index in [9.17, 15) is 0 Å². The predicted molar refractivity (Wildman–Crippen MR) is 78.4 cm³/mol. The van der Waals surface area contributed by atoms with E-state index in [-0.39, 0.29) is 0 Å². The Kier molecular flexibility index (Phi) is 3.47. The fraction of sp³-hybridized carbons (Fsp3) is 0.500. The molecule has 3 heteroatoms. The number of benzene rings is 1. The van der Waals surface area contributed by atoms with Crippen LogP contribution in [0.3, 0.4) is 0 Å². The summed E-state index contributed by atoms with van der Waals surface area (Å²) in [5.41, 5.74) is 3.61. The number of likely N-dealkylation sites (N-methyl/N-ethyl adjacent to an activating group) is 1. The van der Waals surface area contributed by atoms with Crippen molar-refractivity contribution in [1.29, 1.82) is 0 Å². The Morgan fingerprint density at radius 3 is 2.89 bits per heavy atom. The summed E-state index contributed by atoms with van der Waals surface area (Å²) < 4.78 is 5.90. The van der Waals surface area contributed by atoms with Crippen LogP contribution >= 0.6 is 0 Å². The first-order valence-corrected chi connectivity index (χ1v) is 7.13. The van der Waals surface area contributed by atoms with Gasteiger partial charge >= 0.3 is 0 Å². The highest BCUT2D eigenvalue weighted by Gasteiger charge is 2.20. The molecule has 2 aliphatic rings. The van der Waals surface area contributed by atoms with Crippen molar-refractivity contribution >= 4 is 5.70 Å². The Balaban J connectivity index is 1.90. The molecule has 0 amide bonds. The fourth-order valence-electron chi connectivity index (χ4n) is 2.94. The van der Waals surface area contributed by atoms with Gasteiger partial charge in [-0.3, -0.25) is 0 Å². The van der Waals surface area contributed by atoms with Crippen LogP contribution in [0.1, 0.15) is 29.9 Å². The number of hydrogen-bond acceptors (Lipinski definition) is 3. The van der Waals surface area contributed by atoms with Gasteiger partial charge in [0, 0.05) is 18.3 Å². The Hall–Kier alpha value is -1.48. The van der Waals surface area contributed by atoms with Gasteiger partial charge in [0.05, 0.1) is 6.54 Å². The largest absolute Gasteiger partial charge is 0.491 e. The molecule has 1 saturated heterocycles. The SMILES string of the molecule is C=C1c2ccc(C3CCNCC3)cc2OCCN1C. The molecule has 1 aromatic rings. The van der Waals surface area contributed by atoms with Crippen molar-refractivity contribution in [1.82, 2.24) is 10.2 Å². The van der Waals surface area contributed by atoms with Gasteiger partial charge in [-0.25, -0.2) is 0 Å². The lowest BCUT2D eigenvalue weighted by atomic mass is 9.89. The van der Waals surface area contributed by atoms with Gasteiger partial charge in [-0.1, -0.05) is 12.6 Å². The summed E-state index contributed by atoms with van der Waals surface area (Å²) in [5.74, 6) is 1.68. The topological polar surface area (TPSA) is 24.5 Å². The minimum absolute atomic E-state index is 0.671. The second-order valence-electron chi connectivity index (χ2n) is 5.50. The van der Waals surface area contributed by atoms with Gasteiger partial charge in [-0.05, 0) is 49.5 Å². The van der Waals surface area contributed by atoms with Crippen LogP contribution in [0.4, 0.5) is 0 Å². The molecule has 2 aliphatic heterocycles. The molecule has 3 rings (SSSR count). The molecule has 0 aromatic heterocycles. The maximum atomic E-state index is 5.90. The number of piperidine rings is 1. The normalized spacial score (nSPS) is 20.7.